The zero-order valence-electron chi connectivity index (χ0n) is 8.83. The van der Waals surface area contributed by atoms with Crippen LogP contribution in [0.5, 0.6) is 0 Å². The van der Waals surface area contributed by atoms with E-state index in [1.54, 1.807) is 6.20 Å². The summed E-state index contributed by atoms with van der Waals surface area (Å²) in [7, 11) is 0. The number of nitrogens with zero attached hydrogens (tertiary/aromatic N) is 3. The number of nitriles is 1. The molecule has 0 aromatic carbocycles. The minimum atomic E-state index is 0.466. The normalized spacial score (nSPS) is 9.50. The lowest BCUT2D eigenvalue weighted by atomic mass is 10.2. The second-order valence-electron chi connectivity index (χ2n) is 3.29. The molecule has 0 spiro atoms. The van der Waals surface area contributed by atoms with E-state index >= 15 is 0 Å². The maximum Gasteiger partial charge on any atom is 0.133 e. The summed E-state index contributed by atoms with van der Waals surface area (Å²) < 4.78 is 0.541. The van der Waals surface area contributed by atoms with Crippen molar-refractivity contribution in [3.05, 3.63) is 30.1 Å². The van der Waals surface area contributed by atoms with Crippen molar-refractivity contribution in [3.8, 4) is 6.07 Å². The first-order valence-electron chi connectivity index (χ1n) is 4.97. The molecule has 0 aliphatic carbocycles. The van der Waals surface area contributed by atoms with E-state index in [2.05, 4.69) is 23.7 Å². The van der Waals surface area contributed by atoms with Gasteiger partial charge in [0.2, 0.25) is 0 Å². The monoisotopic (exact) mass is 251 g/mol. The van der Waals surface area contributed by atoms with Gasteiger partial charge in [0.15, 0.2) is 0 Å². The van der Waals surface area contributed by atoms with Gasteiger partial charge in [-0.1, -0.05) is 18.3 Å². The van der Waals surface area contributed by atoms with Gasteiger partial charge in [0.05, 0.1) is 12.5 Å². The third-order valence-corrected chi connectivity index (χ3v) is 2.70. The summed E-state index contributed by atoms with van der Waals surface area (Å²) >= 11 is 9.16. The average molecular weight is 251 g/mol. The van der Waals surface area contributed by atoms with Gasteiger partial charge in [-0.15, -0.1) is 12.6 Å². The second kappa shape index (κ2) is 7.20. The summed E-state index contributed by atoms with van der Waals surface area (Å²) in [5.41, 5.74) is 1.16. The minimum Gasteiger partial charge on any atom is -0.356 e. The maximum absolute atomic E-state index is 8.53. The first-order chi connectivity index (χ1) is 7.74. The molecule has 0 atom stereocenters. The number of pyridine rings is 1. The zero-order valence-corrected chi connectivity index (χ0v) is 10.5. The highest BCUT2D eigenvalue weighted by Gasteiger charge is 2.05. The highest BCUT2D eigenvalue weighted by Crippen LogP contribution is 2.03. The van der Waals surface area contributed by atoms with Crippen molar-refractivity contribution in [3.63, 3.8) is 0 Å². The van der Waals surface area contributed by atoms with Crippen LogP contribution in [0.15, 0.2) is 24.5 Å². The molecule has 0 bridgehead atoms. The van der Waals surface area contributed by atoms with Gasteiger partial charge in [-0.3, -0.25) is 4.98 Å². The Labute approximate surface area is 107 Å². The molecule has 0 saturated carbocycles. The summed E-state index contributed by atoms with van der Waals surface area (Å²) in [5.74, 6) is 0. The van der Waals surface area contributed by atoms with Gasteiger partial charge < -0.3 is 4.90 Å². The predicted molar refractivity (Wildman–Crippen MR) is 71.3 cm³/mol. The number of hydrogen-bond donors (Lipinski definition) is 1. The molecule has 1 heterocycles. The predicted octanol–water partition coefficient (Wildman–Crippen LogP) is 2.05. The topological polar surface area (TPSA) is 39.9 Å². The first kappa shape index (κ1) is 12.9. The highest BCUT2D eigenvalue weighted by atomic mass is 32.1. The van der Waals surface area contributed by atoms with Gasteiger partial charge >= 0.3 is 0 Å². The molecule has 0 radical (unpaired) electrons. The SMILES string of the molecule is N#CCCN(CCc1cccnc1)C(=S)S. The van der Waals surface area contributed by atoms with Crippen molar-refractivity contribution in [2.75, 3.05) is 13.1 Å². The second-order valence-corrected chi connectivity index (χ2v) is 4.40. The van der Waals surface area contributed by atoms with Gasteiger partial charge in [0.1, 0.15) is 4.32 Å². The van der Waals surface area contributed by atoms with Crippen molar-refractivity contribution in [1.82, 2.24) is 9.88 Å². The quantitative estimate of drug-likeness (QED) is 0.642. The fraction of sp³-hybridized carbons (Fsp3) is 0.364. The van der Waals surface area contributed by atoms with Crippen LogP contribution in [0.25, 0.3) is 0 Å². The van der Waals surface area contributed by atoms with Crippen molar-refractivity contribution in [2.24, 2.45) is 0 Å². The van der Waals surface area contributed by atoms with E-state index in [-0.39, 0.29) is 0 Å². The Morgan fingerprint density at radius 1 is 1.56 bits per heavy atom. The summed E-state index contributed by atoms with van der Waals surface area (Å²) in [6, 6.07) is 6.04. The summed E-state index contributed by atoms with van der Waals surface area (Å²) in [5, 5.41) is 8.53. The molecular formula is C11H13N3S2. The molecule has 1 rings (SSSR count). The van der Waals surface area contributed by atoms with Gasteiger partial charge in [-0.25, -0.2) is 0 Å². The molecule has 16 heavy (non-hydrogen) atoms. The van der Waals surface area contributed by atoms with Crippen LogP contribution in [0, 0.1) is 11.3 Å². The van der Waals surface area contributed by atoms with Crippen LogP contribution in [0.3, 0.4) is 0 Å². The van der Waals surface area contributed by atoms with Crippen LogP contribution in [-0.4, -0.2) is 27.3 Å². The number of thiocarbonyl (C=S) groups is 1. The third kappa shape index (κ3) is 4.60. The Morgan fingerprint density at radius 3 is 2.94 bits per heavy atom. The van der Waals surface area contributed by atoms with Crippen LogP contribution in [-0.2, 0) is 6.42 Å². The van der Waals surface area contributed by atoms with Gasteiger partial charge in [0, 0.05) is 25.5 Å². The van der Waals surface area contributed by atoms with Crippen LogP contribution >= 0.6 is 24.8 Å². The lowest BCUT2D eigenvalue weighted by Gasteiger charge is -2.21. The van der Waals surface area contributed by atoms with Crippen molar-refractivity contribution >= 4 is 29.2 Å². The Kier molecular flexibility index (Phi) is 5.83. The lowest BCUT2D eigenvalue weighted by molar-refractivity contribution is 0.446. The third-order valence-electron chi connectivity index (χ3n) is 2.16. The van der Waals surface area contributed by atoms with E-state index in [1.807, 2.05) is 23.2 Å². The molecular weight excluding hydrogens is 238 g/mol. The number of aromatic nitrogens is 1. The molecule has 84 valence electrons. The fourth-order valence-corrected chi connectivity index (χ4v) is 1.68. The smallest absolute Gasteiger partial charge is 0.133 e. The lowest BCUT2D eigenvalue weighted by Crippen LogP contribution is -2.29. The van der Waals surface area contributed by atoms with E-state index < -0.39 is 0 Å². The molecule has 0 fully saturated rings. The standard InChI is InChI=1S/C11H13N3S2/c12-5-2-7-14(11(15)16)8-4-10-3-1-6-13-9-10/h1,3,6,9H,2,4,7-8H2,(H,15,16). The number of rotatable bonds is 5. The van der Waals surface area contributed by atoms with E-state index in [1.165, 1.54) is 0 Å². The van der Waals surface area contributed by atoms with E-state index in [0.29, 0.717) is 17.3 Å². The van der Waals surface area contributed by atoms with Gasteiger partial charge in [-0.05, 0) is 18.1 Å². The maximum atomic E-state index is 8.53. The highest BCUT2D eigenvalue weighted by molar-refractivity contribution is 8.10. The Bertz CT molecular complexity index is 373. The molecule has 0 unspecified atom stereocenters. The van der Waals surface area contributed by atoms with Crippen LogP contribution < -0.4 is 0 Å². The van der Waals surface area contributed by atoms with Crippen LogP contribution in [0.2, 0.25) is 0 Å². The molecule has 1 aromatic rings. The van der Waals surface area contributed by atoms with E-state index in [9.17, 15) is 0 Å². The zero-order chi connectivity index (χ0) is 11.8. The average Bonchev–Trinajstić information content (AvgIpc) is 2.30. The Balaban J connectivity index is 2.44. The van der Waals surface area contributed by atoms with Crippen molar-refractivity contribution < 1.29 is 0 Å². The molecule has 0 N–H and O–H groups in total. The molecule has 1 aromatic heterocycles. The van der Waals surface area contributed by atoms with Crippen LogP contribution in [0.4, 0.5) is 0 Å². The van der Waals surface area contributed by atoms with Gasteiger partial charge in [0.25, 0.3) is 0 Å². The first-order valence-corrected chi connectivity index (χ1v) is 5.83. The molecule has 3 nitrogen and oxygen atoms in total. The largest absolute Gasteiger partial charge is 0.356 e. The fourth-order valence-electron chi connectivity index (χ4n) is 1.30. The summed E-state index contributed by atoms with van der Waals surface area (Å²) in [6.07, 6.45) is 4.91. The molecule has 0 saturated heterocycles. The molecule has 0 amide bonds. The van der Waals surface area contributed by atoms with E-state index in [4.69, 9.17) is 17.5 Å². The number of hydrogen-bond acceptors (Lipinski definition) is 3. The number of thiol groups is 1. The Morgan fingerprint density at radius 2 is 2.38 bits per heavy atom. The molecule has 0 aliphatic rings. The molecule has 5 heteroatoms. The summed E-state index contributed by atoms with van der Waals surface area (Å²) in [4.78, 5) is 5.97. The van der Waals surface area contributed by atoms with Crippen molar-refractivity contribution in [2.45, 2.75) is 12.8 Å². The van der Waals surface area contributed by atoms with Crippen LogP contribution in [0.1, 0.15) is 12.0 Å². The summed E-state index contributed by atoms with van der Waals surface area (Å²) in [6.45, 7) is 1.41. The minimum absolute atomic E-state index is 0.466. The van der Waals surface area contributed by atoms with E-state index in [0.717, 1.165) is 18.5 Å². The van der Waals surface area contributed by atoms with Gasteiger partial charge in [-0.2, -0.15) is 5.26 Å². The van der Waals surface area contributed by atoms with Crippen molar-refractivity contribution in [1.29, 1.82) is 5.26 Å². The molecule has 0 aliphatic heterocycles. The Hall–Kier alpha value is -1.12.